The standard InChI is InChI=1S/C15H21NO4/c1-15(2,20-3)14(19)16-12(9-10-13(17)18)11-7-5-4-6-8-11/h4-8,12H,9-10H2,1-3H3,(H,16,19)(H,17,18). The van der Waals surface area contributed by atoms with Crippen LogP contribution in [0, 0.1) is 0 Å². The van der Waals surface area contributed by atoms with Crippen LogP contribution in [0.3, 0.4) is 0 Å². The van der Waals surface area contributed by atoms with Crippen LogP contribution in [0.1, 0.15) is 38.3 Å². The van der Waals surface area contributed by atoms with Crippen molar-refractivity contribution in [2.45, 2.75) is 38.3 Å². The Hall–Kier alpha value is -1.88. The van der Waals surface area contributed by atoms with E-state index in [9.17, 15) is 9.59 Å². The van der Waals surface area contributed by atoms with Gasteiger partial charge in [-0.05, 0) is 25.8 Å². The third-order valence-corrected chi connectivity index (χ3v) is 3.21. The number of benzene rings is 1. The minimum Gasteiger partial charge on any atom is -0.481 e. The van der Waals surface area contributed by atoms with E-state index in [1.165, 1.54) is 7.11 Å². The zero-order valence-corrected chi connectivity index (χ0v) is 12.1. The highest BCUT2D eigenvalue weighted by molar-refractivity contribution is 5.84. The molecule has 1 atom stereocenters. The van der Waals surface area contributed by atoms with Crippen molar-refractivity contribution in [2.75, 3.05) is 7.11 Å². The second kappa shape index (κ2) is 7.05. The maximum absolute atomic E-state index is 12.1. The van der Waals surface area contributed by atoms with Gasteiger partial charge >= 0.3 is 5.97 Å². The number of carbonyl (C=O) groups excluding carboxylic acids is 1. The fourth-order valence-electron chi connectivity index (χ4n) is 1.70. The van der Waals surface area contributed by atoms with Crippen molar-refractivity contribution in [3.05, 3.63) is 35.9 Å². The maximum atomic E-state index is 12.1. The van der Waals surface area contributed by atoms with Crippen molar-refractivity contribution in [2.24, 2.45) is 0 Å². The Bertz CT molecular complexity index is 456. The van der Waals surface area contributed by atoms with Gasteiger partial charge in [0.15, 0.2) is 0 Å². The number of nitrogens with one attached hydrogen (secondary N) is 1. The van der Waals surface area contributed by atoms with Crippen LogP contribution in [0.2, 0.25) is 0 Å². The lowest BCUT2D eigenvalue weighted by Gasteiger charge is -2.26. The number of methoxy groups -OCH3 is 1. The number of amides is 1. The quantitative estimate of drug-likeness (QED) is 0.801. The zero-order chi connectivity index (χ0) is 15.2. The predicted molar refractivity (Wildman–Crippen MR) is 75.3 cm³/mol. The molecule has 1 aromatic rings. The maximum Gasteiger partial charge on any atom is 0.303 e. The van der Waals surface area contributed by atoms with Crippen LogP contribution < -0.4 is 5.32 Å². The third-order valence-electron chi connectivity index (χ3n) is 3.21. The number of rotatable bonds is 7. The van der Waals surface area contributed by atoms with Crippen LogP contribution in [0.15, 0.2) is 30.3 Å². The Morgan fingerprint density at radius 2 is 1.90 bits per heavy atom. The average molecular weight is 279 g/mol. The van der Waals surface area contributed by atoms with E-state index in [0.717, 1.165) is 5.56 Å². The van der Waals surface area contributed by atoms with Gasteiger partial charge in [-0.2, -0.15) is 0 Å². The van der Waals surface area contributed by atoms with Gasteiger partial charge in [0.2, 0.25) is 0 Å². The largest absolute Gasteiger partial charge is 0.481 e. The molecule has 0 spiro atoms. The summed E-state index contributed by atoms with van der Waals surface area (Å²) in [6.07, 6.45) is 0.331. The minimum absolute atomic E-state index is 0.00669. The highest BCUT2D eigenvalue weighted by atomic mass is 16.5. The number of aliphatic carboxylic acids is 1. The lowest BCUT2D eigenvalue weighted by Crippen LogP contribution is -2.45. The molecule has 0 saturated carbocycles. The van der Waals surface area contributed by atoms with Crippen LogP contribution in [-0.4, -0.2) is 29.7 Å². The molecular weight excluding hydrogens is 258 g/mol. The first kappa shape index (κ1) is 16.2. The van der Waals surface area contributed by atoms with Crippen LogP contribution in [0.25, 0.3) is 0 Å². The summed E-state index contributed by atoms with van der Waals surface area (Å²) >= 11 is 0. The number of carboxylic acids is 1. The van der Waals surface area contributed by atoms with Gasteiger partial charge in [0, 0.05) is 13.5 Å². The Morgan fingerprint density at radius 1 is 1.30 bits per heavy atom. The van der Waals surface area contributed by atoms with Gasteiger partial charge in [-0.25, -0.2) is 0 Å². The predicted octanol–water partition coefficient (Wildman–Crippen LogP) is 2.13. The van der Waals surface area contributed by atoms with Gasteiger partial charge in [0.05, 0.1) is 6.04 Å². The molecule has 5 nitrogen and oxygen atoms in total. The molecule has 2 N–H and O–H groups in total. The second-order valence-electron chi connectivity index (χ2n) is 5.08. The lowest BCUT2D eigenvalue weighted by molar-refractivity contribution is -0.141. The fraction of sp³-hybridized carbons (Fsp3) is 0.467. The molecule has 110 valence electrons. The molecule has 1 aromatic carbocycles. The topological polar surface area (TPSA) is 75.6 Å². The van der Waals surface area contributed by atoms with Gasteiger partial charge in [-0.3, -0.25) is 9.59 Å². The molecule has 1 rings (SSSR count). The monoisotopic (exact) mass is 279 g/mol. The van der Waals surface area contributed by atoms with Crippen LogP contribution in [0.4, 0.5) is 0 Å². The number of carboxylic acid groups (broad SMARTS) is 1. The molecule has 20 heavy (non-hydrogen) atoms. The molecule has 1 amide bonds. The van der Waals surface area contributed by atoms with Gasteiger partial charge < -0.3 is 15.2 Å². The SMILES string of the molecule is COC(C)(C)C(=O)NC(CCC(=O)O)c1ccccc1. The summed E-state index contributed by atoms with van der Waals surface area (Å²) in [7, 11) is 1.47. The first-order chi connectivity index (χ1) is 9.36. The Morgan fingerprint density at radius 3 is 2.40 bits per heavy atom. The fourth-order valence-corrected chi connectivity index (χ4v) is 1.70. The van der Waals surface area contributed by atoms with Crippen molar-refractivity contribution in [3.63, 3.8) is 0 Å². The van der Waals surface area contributed by atoms with Gasteiger partial charge in [0.1, 0.15) is 5.60 Å². The number of carbonyl (C=O) groups is 2. The van der Waals surface area contributed by atoms with Gasteiger partial charge in [0.25, 0.3) is 5.91 Å². The van der Waals surface area contributed by atoms with Crippen LogP contribution in [0.5, 0.6) is 0 Å². The molecule has 0 aromatic heterocycles. The zero-order valence-electron chi connectivity index (χ0n) is 12.1. The second-order valence-corrected chi connectivity index (χ2v) is 5.08. The molecule has 0 heterocycles. The van der Waals surface area contributed by atoms with E-state index in [1.54, 1.807) is 13.8 Å². The van der Waals surface area contributed by atoms with Crippen molar-refractivity contribution >= 4 is 11.9 Å². The molecule has 0 aliphatic rings. The van der Waals surface area contributed by atoms with Crippen molar-refractivity contribution < 1.29 is 19.4 Å². The Kier molecular flexibility index (Phi) is 5.70. The van der Waals surface area contributed by atoms with E-state index >= 15 is 0 Å². The molecule has 0 bridgehead atoms. The average Bonchev–Trinajstić information content (AvgIpc) is 2.43. The lowest BCUT2D eigenvalue weighted by atomic mass is 10.00. The first-order valence-electron chi connectivity index (χ1n) is 6.49. The minimum atomic E-state index is -0.948. The first-order valence-corrected chi connectivity index (χ1v) is 6.49. The molecule has 1 unspecified atom stereocenters. The summed E-state index contributed by atoms with van der Waals surface area (Å²) in [4.78, 5) is 22.9. The van der Waals surface area contributed by atoms with E-state index in [2.05, 4.69) is 5.32 Å². The van der Waals surface area contributed by atoms with Gasteiger partial charge in [-0.1, -0.05) is 30.3 Å². The Balaban J connectivity index is 2.83. The molecule has 0 radical (unpaired) electrons. The highest BCUT2D eigenvalue weighted by Gasteiger charge is 2.29. The number of hydrogen-bond donors (Lipinski definition) is 2. The van der Waals surface area contributed by atoms with E-state index < -0.39 is 11.6 Å². The molecule has 0 saturated heterocycles. The molecule has 5 heteroatoms. The van der Waals surface area contributed by atoms with Crippen molar-refractivity contribution in [1.82, 2.24) is 5.32 Å². The van der Waals surface area contributed by atoms with E-state index in [4.69, 9.17) is 9.84 Å². The summed E-state index contributed by atoms with van der Waals surface area (Å²) < 4.78 is 5.13. The van der Waals surface area contributed by atoms with Crippen molar-refractivity contribution in [1.29, 1.82) is 0 Å². The third kappa shape index (κ3) is 4.66. The molecule has 0 aliphatic carbocycles. The highest BCUT2D eigenvalue weighted by Crippen LogP contribution is 2.20. The normalized spacial score (nSPS) is 12.8. The van der Waals surface area contributed by atoms with Crippen molar-refractivity contribution in [3.8, 4) is 0 Å². The molecule has 0 fully saturated rings. The van der Waals surface area contributed by atoms with Crippen LogP contribution in [-0.2, 0) is 14.3 Å². The summed E-state index contributed by atoms with van der Waals surface area (Å²) in [6, 6.07) is 8.99. The summed E-state index contributed by atoms with van der Waals surface area (Å²) in [5.41, 5.74) is -0.0648. The van der Waals surface area contributed by atoms with E-state index in [0.29, 0.717) is 6.42 Å². The summed E-state index contributed by atoms with van der Waals surface area (Å²) in [5, 5.41) is 11.7. The Labute approximate surface area is 118 Å². The van der Waals surface area contributed by atoms with Gasteiger partial charge in [-0.15, -0.1) is 0 Å². The molecular formula is C15H21NO4. The van der Waals surface area contributed by atoms with Crippen LogP contribution >= 0.6 is 0 Å². The number of ether oxygens (including phenoxy) is 1. The molecule has 0 aliphatic heterocycles. The summed E-state index contributed by atoms with van der Waals surface area (Å²) in [5.74, 6) is -1.15. The number of hydrogen-bond acceptors (Lipinski definition) is 3. The smallest absolute Gasteiger partial charge is 0.303 e. The van der Waals surface area contributed by atoms with E-state index in [1.807, 2.05) is 30.3 Å². The summed E-state index contributed by atoms with van der Waals surface area (Å²) in [6.45, 7) is 3.34. The van der Waals surface area contributed by atoms with E-state index in [-0.39, 0.29) is 18.4 Å².